The van der Waals surface area contributed by atoms with Crippen LogP contribution in [0.3, 0.4) is 0 Å². The molecule has 0 saturated carbocycles. The Morgan fingerprint density at radius 2 is 1.94 bits per heavy atom. The van der Waals surface area contributed by atoms with Crippen molar-refractivity contribution >= 4 is 79.2 Å². The zero-order chi connectivity index (χ0) is 22.6. The van der Waals surface area contributed by atoms with Gasteiger partial charge >= 0.3 is 0 Å². The highest BCUT2D eigenvalue weighted by atomic mass is 35.5. The highest BCUT2D eigenvalue weighted by molar-refractivity contribution is 7.93. The molecule has 1 heterocycles. The predicted molar refractivity (Wildman–Crippen MR) is 134 cm³/mol. The molecule has 13 heteroatoms. The maximum absolute atomic E-state index is 14.8. The van der Waals surface area contributed by atoms with Crippen LogP contribution in [0.15, 0.2) is 46.8 Å². The van der Waals surface area contributed by atoms with Gasteiger partial charge in [0.15, 0.2) is 5.13 Å². The van der Waals surface area contributed by atoms with Crippen molar-refractivity contribution in [1.29, 1.82) is 0 Å². The van der Waals surface area contributed by atoms with Gasteiger partial charge in [0.2, 0.25) is 0 Å². The Labute approximate surface area is 206 Å². The monoisotopic (exact) mass is 539 g/mol. The second kappa shape index (κ2) is 11.4. The Hall–Kier alpha value is -1.82. The molecule has 0 bridgehead atoms. The number of sulfonamides is 1. The maximum atomic E-state index is 14.8. The van der Waals surface area contributed by atoms with Gasteiger partial charge in [0.05, 0.1) is 22.1 Å². The van der Waals surface area contributed by atoms with Crippen LogP contribution >= 0.6 is 46.9 Å². The lowest BCUT2D eigenvalue weighted by atomic mass is 10.2. The van der Waals surface area contributed by atoms with Gasteiger partial charge in [-0.25, -0.2) is 17.8 Å². The molecule has 3 aromatic rings. The standard InChI is InChI=1S/C19H20Cl2FN5O2S2.ClH/c1-23-5-7-27(2)17-9-12(20)3-4-15(17)25-16-11-14(22)18(10-13(16)21)31(28,29)26-19-24-6-8-30-19;/h3-4,6,8-11,23,25H,5,7H2,1-2H3,(H,24,26);1H. The molecule has 3 N–H and O–H groups in total. The van der Waals surface area contributed by atoms with Crippen molar-refractivity contribution in [2.75, 3.05) is 42.1 Å². The summed E-state index contributed by atoms with van der Waals surface area (Å²) in [4.78, 5) is 5.26. The Morgan fingerprint density at radius 3 is 2.59 bits per heavy atom. The number of aromatic nitrogens is 1. The highest BCUT2D eigenvalue weighted by Gasteiger charge is 2.23. The molecule has 0 aliphatic rings. The summed E-state index contributed by atoms with van der Waals surface area (Å²) in [6.45, 7) is 1.45. The Balaban J connectivity index is 0.00000363. The summed E-state index contributed by atoms with van der Waals surface area (Å²) >= 11 is 13.5. The molecule has 2 aromatic carbocycles. The molecule has 0 unspecified atom stereocenters. The minimum atomic E-state index is -4.19. The van der Waals surface area contributed by atoms with Crippen molar-refractivity contribution < 1.29 is 12.8 Å². The van der Waals surface area contributed by atoms with Crippen LogP contribution in [0.25, 0.3) is 0 Å². The van der Waals surface area contributed by atoms with E-state index in [-0.39, 0.29) is 28.2 Å². The topological polar surface area (TPSA) is 86.4 Å². The molecule has 1 aromatic heterocycles. The van der Waals surface area contributed by atoms with Gasteiger partial charge in [-0.1, -0.05) is 23.2 Å². The Morgan fingerprint density at radius 1 is 1.19 bits per heavy atom. The number of hydrogen-bond donors (Lipinski definition) is 3. The molecule has 3 rings (SSSR count). The first-order valence-electron chi connectivity index (χ1n) is 9.05. The minimum absolute atomic E-state index is 0. The summed E-state index contributed by atoms with van der Waals surface area (Å²) < 4.78 is 42.1. The molecule has 174 valence electrons. The molecule has 0 aliphatic heterocycles. The number of thiazole rings is 1. The van der Waals surface area contributed by atoms with E-state index in [2.05, 4.69) is 20.3 Å². The normalized spacial score (nSPS) is 11.0. The fourth-order valence-electron chi connectivity index (χ4n) is 2.75. The SMILES string of the molecule is CNCCN(C)c1cc(Cl)ccc1Nc1cc(F)c(S(=O)(=O)Nc2nccs2)cc1Cl.Cl. The molecular weight excluding hydrogens is 520 g/mol. The smallest absolute Gasteiger partial charge is 0.266 e. The van der Waals surface area contributed by atoms with Crippen LogP contribution in [-0.4, -0.2) is 40.6 Å². The van der Waals surface area contributed by atoms with E-state index in [4.69, 9.17) is 23.2 Å². The van der Waals surface area contributed by atoms with Crippen molar-refractivity contribution in [3.63, 3.8) is 0 Å². The van der Waals surface area contributed by atoms with Gasteiger partial charge in [0.1, 0.15) is 10.7 Å². The molecule has 0 atom stereocenters. The van der Waals surface area contributed by atoms with Crippen molar-refractivity contribution in [2.24, 2.45) is 0 Å². The van der Waals surface area contributed by atoms with E-state index in [9.17, 15) is 12.8 Å². The molecule has 0 spiro atoms. The van der Waals surface area contributed by atoms with Gasteiger partial charge in [-0.3, -0.25) is 4.72 Å². The Bertz CT molecular complexity index is 1160. The number of likely N-dealkylation sites (N-methyl/N-ethyl adjacent to an activating group) is 2. The van der Waals surface area contributed by atoms with Gasteiger partial charge in [-0.05, 0) is 31.3 Å². The van der Waals surface area contributed by atoms with E-state index in [0.29, 0.717) is 17.3 Å². The highest BCUT2D eigenvalue weighted by Crippen LogP contribution is 2.35. The zero-order valence-corrected chi connectivity index (χ0v) is 21.0. The third-order valence-corrected chi connectivity index (χ3v) is 7.02. The zero-order valence-electron chi connectivity index (χ0n) is 17.0. The van der Waals surface area contributed by atoms with Crippen LogP contribution in [0.4, 0.5) is 26.6 Å². The van der Waals surface area contributed by atoms with Crippen LogP contribution in [-0.2, 0) is 10.0 Å². The second-order valence-electron chi connectivity index (χ2n) is 6.52. The quantitative estimate of drug-likeness (QED) is 0.345. The van der Waals surface area contributed by atoms with Gasteiger partial charge in [-0.2, -0.15) is 0 Å². The van der Waals surface area contributed by atoms with Crippen LogP contribution in [0.5, 0.6) is 0 Å². The summed E-state index contributed by atoms with van der Waals surface area (Å²) in [5.41, 5.74) is 1.64. The molecule has 32 heavy (non-hydrogen) atoms. The van der Waals surface area contributed by atoms with Crippen LogP contribution in [0.2, 0.25) is 10.0 Å². The van der Waals surface area contributed by atoms with Crippen molar-refractivity contribution in [3.05, 3.63) is 57.8 Å². The molecule has 0 fully saturated rings. The molecule has 0 radical (unpaired) electrons. The number of rotatable bonds is 9. The number of halogens is 4. The van der Waals surface area contributed by atoms with E-state index in [1.807, 2.05) is 19.0 Å². The largest absolute Gasteiger partial charge is 0.372 e. The van der Waals surface area contributed by atoms with Crippen molar-refractivity contribution in [3.8, 4) is 0 Å². The van der Waals surface area contributed by atoms with E-state index < -0.39 is 20.7 Å². The molecular formula is C19H21Cl3FN5O2S2. The van der Waals surface area contributed by atoms with Crippen molar-refractivity contribution in [2.45, 2.75) is 4.90 Å². The molecule has 0 amide bonds. The third kappa shape index (κ3) is 6.37. The molecule has 0 aliphatic carbocycles. The van der Waals surface area contributed by atoms with E-state index in [1.54, 1.807) is 23.6 Å². The molecule has 7 nitrogen and oxygen atoms in total. The maximum Gasteiger partial charge on any atom is 0.266 e. The number of anilines is 4. The number of nitrogens with one attached hydrogen (secondary N) is 3. The third-order valence-electron chi connectivity index (χ3n) is 4.30. The van der Waals surface area contributed by atoms with Gasteiger partial charge in [0, 0.05) is 42.8 Å². The predicted octanol–water partition coefficient (Wildman–Crippen LogP) is 5.21. The second-order valence-corrected chi connectivity index (χ2v) is 9.91. The van der Waals surface area contributed by atoms with Gasteiger partial charge < -0.3 is 15.5 Å². The van der Waals surface area contributed by atoms with Gasteiger partial charge in [-0.15, -0.1) is 23.7 Å². The lowest BCUT2D eigenvalue weighted by Crippen LogP contribution is -2.27. The van der Waals surface area contributed by atoms with Crippen LogP contribution in [0, 0.1) is 5.82 Å². The first-order valence-corrected chi connectivity index (χ1v) is 12.2. The fourth-order valence-corrected chi connectivity index (χ4v) is 5.06. The summed E-state index contributed by atoms with van der Waals surface area (Å²) in [6.07, 6.45) is 1.44. The minimum Gasteiger partial charge on any atom is -0.372 e. The van der Waals surface area contributed by atoms with Gasteiger partial charge in [0.25, 0.3) is 10.0 Å². The lowest BCUT2D eigenvalue weighted by molar-refractivity contribution is 0.571. The Kier molecular flexibility index (Phi) is 9.38. The first kappa shape index (κ1) is 26.4. The fraction of sp³-hybridized carbons (Fsp3) is 0.211. The summed E-state index contributed by atoms with van der Waals surface area (Å²) in [7, 11) is -0.433. The van der Waals surface area contributed by atoms with Crippen LogP contribution in [0.1, 0.15) is 0 Å². The van der Waals surface area contributed by atoms with Crippen LogP contribution < -0.4 is 20.3 Å². The van der Waals surface area contributed by atoms with E-state index in [0.717, 1.165) is 35.7 Å². The number of benzene rings is 2. The first-order chi connectivity index (χ1) is 14.7. The van der Waals surface area contributed by atoms with Crippen molar-refractivity contribution in [1.82, 2.24) is 10.3 Å². The average Bonchev–Trinajstić information content (AvgIpc) is 3.22. The summed E-state index contributed by atoms with van der Waals surface area (Å²) in [5.74, 6) is -0.949. The van der Waals surface area contributed by atoms with E-state index >= 15 is 0 Å². The number of nitrogens with zero attached hydrogens (tertiary/aromatic N) is 2. The molecule has 0 saturated heterocycles. The average molecular weight is 541 g/mol. The number of hydrogen-bond acceptors (Lipinski definition) is 7. The lowest BCUT2D eigenvalue weighted by Gasteiger charge is -2.23. The summed E-state index contributed by atoms with van der Waals surface area (Å²) in [5, 5.41) is 8.47. The van der Waals surface area contributed by atoms with E-state index in [1.165, 1.54) is 6.20 Å². The summed E-state index contributed by atoms with van der Waals surface area (Å²) in [6, 6.07) is 7.33.